The first-order chi connectivity index (χ1) is 12.3. The normalized spacial score (nSPS) is 14.4. The summed E-state index contributed by atoms with van der Waals surface area (Å²) >= 11 is 0. The molecule has 0 radical (unpaired) electrons. The molecular formula is C18H23N5O2. The average molecular weight is 341 g/mol. The highest BCUT2D eigenvalue weighted by Gasteiger charge is 2.22. The Morgan fingerprint density at radius 1 is 1.08 bits per heavy atom. The molecule has 1 saturated heterocycles. The molecule has 1 aromatic heterocycles. The van der Waals surface area contributed by atoms with Crippen LogP contribution in [0.1, 0.15) is 11.1 Å². The first-order valence-electron chi connectivity index (χ1n) is 8.38. The third-order valence-corrected chi connectivity index (χ3v) is 4.18. The highest BCUT2D eigenvalue weighted by Crippen LogP contribution is 2.10. The maximum Gasteiger partial charge on any atom is 0.317 e. The smallest absolute Gasteiger partial charge is 0.317 e. The van der Waals surface area contributed by atoms with Gasteiger partial charge in [-0.05, 0) is 17.2 Å². The topological polar surface area (TPSA) is 70.6 Å². The number of piperazine rings is 1. The van der Waals surface area contributed by atoms with E-state index in [0.29, 0.717) is 26.2 Å². The molecule has 1 N–H and O–H groups in total. The molecule has 1 aromatic carbocycles. The van der Waals surface area contributed by atoms with Crippen molar-refractivity contribution in [3.63, 3.8) is 0 Å². The summed E-state index contributed by atoms with van der Waals surface area (Å²) in [5.74, 6) is 0.721. The van der Waals surface area contributed by atoms with Gasteiger partial charge in [-0.1, -0.05) is 24.3 Å². The summed E-state index contributed by atoms with van der Waals surface area (Å²) in [6.45, 7) is 3.93. The van der Waals surface area contributed by atoms with Gasteiger partial charge >= 0.3 is 6.03 Å². The number of ether oxygens (including phenoxy) is 1. The van der Waals surface area contributed by atoms with Gasteiger partial charge in [0.25, 0.3) is 0 Å². The molecule has 2 heterocycles. The minimum atomic E-state index is -0.0328. The molecule has 0 spiro atoms. The third-order valence-electron chi connectivity index (χ3n) is 4.18. The first-order valence-corrected chi connectivity index (χ1v) is 8.38. The minimum Gasteiger partial charge on any atom is -0.380 e. The van der Waals surface area contributed by atoms with E-state index in [-0.39, 0.29) is 6.03 Å². The first kappa shape index (κ1) is 17.2. The van der Waals surface area contributed by atoms with Crippen LogP contribution in [-0.4, -0.2) is 54.2 Å². The van der Waals surface area contributed by atoms with Crippen molar-refractivity contribution in [1.82, 2.24) is 20.2 Å². The molecule has 1 aliphatic rings. The second-order valence-corrected chi connectivity index (χ2v) is 5.93. The summed E-state index contributed by atoms with van der Waals surface area (Å²) in [4.78, 5) is 24.8. The van der Waals surface area contributed by atoms with Crippen molar-refractivity contribution < 1.29 is 9.53 Å². The summed E-state index contributed by atoms with van der Waals surface area (Å²) in [6, 6.07) is 9.83. The highest BCUT2D eigenvalue weighted by molar-refractivity contribution is 5.74. The molecule has 1 fully saturated rings. The molecule has 0 aliphatic carbocycles. The van der Waals surface area contributed by atoms with E-state index in [1.807, 2.05) is 29.2 Å². The van der Waals surface area contributed by atoms with Crippen LogP contribution in [0.15, 0.2) is 42.7 Å². The number of carbonyl (C=O) groups is 1. The van der Waals surface area contributed by atoms with Crippen molar-refractivity contribution in [3.05, 3.63) is 53.9 Å². The molecule has 25 heavy (non-hydrogen) atoms. The number of rotatable bonds is 5. The van der Waals surface area contributed by atoms with Crippen LogP contribution in [0.5, 0.6) is 0 Å². The van der Waals surface area contributed by atoms with E-state index >= 15 is 0 Å². The van der Waals surface area contributed by atoms with Crippen LogP contribution in [0.2, 0.25) is 0 Å². The van der Waals surface area contributed by atoms with Gasteiger partial charge in [0.1, 0.15) is 0 Å². The number of aromatic nitrogens is 2. The average Bonchev–Trinajstić information content (AvgIpc) is 2.68. The van der Waals surface area contributed by atoms with Gasteiger partial charge in [0.15, 0.2) is 0 Å². The number of nitrogens with one attached hydrogen (secondary N) is 1. The summed E-state index contributed by atoms with van der Waals surface area (Å²) < 4.78 is 5.10. The molecule has 2 aromatic rings. The van der Waals surface area contributed by atoms with E-state index in [9.17, 15) is 4.79 Å². The SMILES string of the molecule is COCc1ccc(CNC(=O)N2CCN(c3ncccn3)CC2)cc1. The fourth-order valence-electron chi connectivity index (χ4n) is 2.77. The number of urea groups is 1. The predicted octanol–water partition coefficient (Wildman–Crippen LogP) is 1.65. The van der Waals surface area contributed by atoms with Crippen molar-refractivity contribution in [1.29, 1.82) is 0 Å². The molecule has 0 saturated carbocycles. The van der Waals surface area contributed by atoms with Crippen molar-refractivity contribution in [3.8, 4) is 0 Å². The Balaban J connectivity index is 1.45. The van der Waals surface area contributed by atoms with Crippen LogP contribution < -0.4 is 10.2 Å². The summed E-state index contributed by atoms with van der Waals surface area (Å²) in [6.07, 6.45) is 3.47. The number of nitrogens with zero attached hydrogens (tertiary/aromatic N) is 4. The maximum absolute atomic E-state index is 12.3. The van der Waals surface area contributed by atoms with Crippen molar-refractivity contribution >= 4 is 12.0 Å². The summed E-state index contributed by atoms with van der Waals surface area (Å²) in [7, 11) is 1.68. The maximum atomic E-state index is 12.3. The van der Waals surface area contributed by atoms with Crippen LogP contribution in [0.4, 0.5) is 10.7 Å². The van der Waals surface area contributed by atoms with E-state index in [1.165, 1.54) is 0 Å². The second kappa shape index (κ2) is 8.43. The van der Waals surface area contributed by atoms with Gasteiger partial charge in [0.2, 0.25) is 5.95 Å². The Morgan fingerprint density at radius 2 is 1.72 bits per heavy atom. The van der Waals surface area contributed by atoms with Gasteiger partial charge in [-0.2, -0.15) is 0 Å². The number of methoxy groups -OCH3 is 1. The highest BCUT2D eigenvalue weighted by atomic mass is 16.5. The van der Waals surface area contributed by atoms with Gasteiger partial charge in [-0.15, -0.1) is 0 Å². The van der Waals surface area contributed by atoms with E-state index in [2.05, 4.69) is 20.2 Å². The van der Waals surface area contributed by atoms with Crippen molar-refractivity contribution in [2.45, 2.75) is 13.2 Å². The van der Waals surface area contributed by atoms with E-state index in [1.54, 1.807) is 25.6 Å². The number of hydrogen-bond acceptors (Lipinski definition) is 5. The van der Waals surface area contributed by atoms with Crippen molar-refractivity contribution in [2.75, 3.05) is 38.2 Å². The number of anilines is 1. The lowest BCUT2D eigenvalue weighted by atomic mass is 10.1. The van der Waals surface area contributed by atoms with Crippen LogP contribution in [0.25, 0.3) is 0 Å². The largest absolute Gasteiger partial charge is 0.380 e. The molecule has 7 nitrogen and oxygen atoms in total. The molecule has 0 atom stereocenters. The number of carbonyl (C=O) groups excluding carboxylic acids is 1. The fraction of sp³-hybridized carbons (Fsp3) is 0.389. The van der Waals surface area contributed by atoms with Crippen LogP contribution >= 0.6 is 0 Å². The molecular weight excluding hydrogens is 318 g/mol. The summed E-state index contributed by atoms with van der Waals surface area (Å²) in [5, 5.41) is 2.98. The molecule has 1 aliphatic heterocycles. The lowest BCUT2D eigenvalue weighted by Gasteiger charge is -2.34. The Hall–Kier alpha value is -2.67. The monoisotopic (exact) mass is 341 g/mol. The Kier molecular flexibility index (Phi) is 5.79. The Labute approximate surface area is 147 Å². The van der Waals surface area contributed by atoms with Crippen molar-refractivity contribution in [2.24, 2.45) is 0 Å². The Bertz CT molecular complexity index is 670. The van der Waals surface area contributed by atoms with Gasteiger partial charge in [-0.3, -0.25) is 0 Å². The fourth-order valence-corrected chi connectivity index (χ4v) is 2.77. The zero-order valence-corrected chi connectivity index (χ0v) is 14.4. The number of hydrogen-bond donors (Lipinski definition) is 1. The zero-order chi connectivity index (χ0) is 17.5. The standard InChI is InChI=1S/C18H23N5O2/c1-25-14-16-5-3-15(4-6-16)13-21-18(24)23-11-9-22(10-12-23)17-19-7-2-8-20-17/h2-8H,9-14H2,1H3,(H,21,24). The van der Waals surface area contributed by atoms with E-state index in [0.717, 1.165) is 30.2 Å². The Morgan fingerprint density at radius 3 is 2.36 bits per heavy atom. The molecule has 3 rings (SSSR count). The molecule has 0 bridgehead atoms. The van der Waals surface area contributed by atoms with Gasteiger partial charge in [-0.25, -0.2) is 14.8 Å². The number of amides is 2. The second-order valence-electron chi connectivity index (χ2n) is 5.93. The lowest BCUT2D eigenvalue weighted by Crippen LogP contribution is -2.52. The molecule has 132 valence electrons. The number of benzene rings is 1. The van der Waals surface area contributed by atoms with Gasteiger partial charge in [0, 0.05) is 52.2 Å². The third kappa shape index (κ3) is 4.67. The molecule has 2 amide bonds. The zero-order valence-electron chi connectivity index (χ0n) is 14.4. The van der Waals surface area contributed by atoms with E-state index < -0.39 is 0 Å². The van der Waals surface area contributed by atoms with Gasteiger partial charge < -0.3 is 19.9 Å². The quantitative estimate of drug-likeness (QED) is 0.895. The lowest BCUT2D eigenvalue weighted by molar-refractivity contribution is 0.185. The predicted molar refractivity (Wildman–Crippen MR) is 95.2 cm³/mol. The summed E-state index contributed by atoms with van der Waals surface area (Å²) in [5.41, 5.74) is 2.20. The molecule has 7 heteroatoms. The van der Waals surface area contributed by atoms with Gasteiger partial charge in [0.05, 0.1) is 6.61 Å². The molecule has 0 unspecified atom stereocenters. The van der Waals surface area contributed by atoms with Crippen LogP contribution in [0, 0.1) is 0 Å². The minimum absolute atomic E-state index is 0.0328. The van der Waals surface area contributed by atoms with E-state index in [4.69, 9.17) is 4.74 Å². The van der Waals surface area contributed by atoms with Crippen LogP contribution in [-0.2, 0) is 17.9 Å². The van der Waals surface area contributed by atoms with Crippen LogP contribution in [0.3, 0.4) is 0 Å².